The summed E-state index contributed by atoms with van der Waals surface area (Å²) in [5.74, 6) is 0.866. The molecule has 1 aromatic carbocycles. The van der Waals surface area contributed by atoms with Gasteiger partial charge in [-0.1, -0.05) is 6.07 Å². The van der Waals surface area contributed by atoms with Crippen molar-refractivity contribution in [3.63, 3.8) is 0 Å². The standard InChI is InChI=1S/C18H16FN5O2/c19-14-4-5-15(24(25)26)17-13(14)6-8-21-18(17)23-11-9-22(10-12-23)16-3-1-2-7-20-16/h1-8H,9-12H2. The highest BCUT2D eigenvalue weighted by Crippen LogP contribution is 2.34. The predicted molar refractivity (Wildman–Crippen MR) is 97.0 cm³/mol. The molecular formula is C18H16FN5O2. The van der Waals surface area contributed by atoms with Gasteiger partial charge >= 0.3 is 0 Å². The van der Waals surface area contributed by atoms with Crippen molar-refractivity contribution in [1.29, 1.82) is 0 Å². The van der Waals surface area contributed by atoms with E-state index in [1.807, 2.05) is 23.1 Å². The number of halogens is 1. The topological polar surface area (TPSA) is 75.4 Å². The average molecular weight is 353 g/mol. The maximum atomic E-state index is 14.2. The number of fused-ring (bicyclic) bond motifs is 1. The average Bonchev–Trinajstić information content (AvgIpc) is 2.68. The van der Waals surface area contributed by atoms with Gasteiger partial charge in [-0.25, -0.2) is 14.4 Å². The lowest BCUT2D eigenvalue weighted by Gasteiger charge is -2.36. The van der Waals surface area contributed by atoms with Gasteiger partial charge in [0.15, 0.2) is 0 Å². The van der Waals surface area contributed by atoms with Gasteiger partial charge in [0.2, 0.25) is 0 Å². The van der Waals surface area contributed by atoms with Crippen molar-refractivity contribution in [2.24, 2.45) is 0 Å². The first-order valence-corrected chi connectivity index (χ1v) is 8.27. The molecule has 26 heavy (non-hydrogen) atoms. The van der Waals surface area contributed by atoms with Crippen LogP contribution in [0.3, 0.4) is 0 Å². The van der Waals surface area contributed by atoms with Crippen LogP contribution in [-0.4, -0.2) is 41.1 Å². The molecule has 1 fully saturated rings. The Morgan fingerprint density at radius 1 is 0.962 bits per heavy atom. The van der Waals surface area contributed by atoms with E-state index in [-0.39, 0.29) is 16.5 Å². The van der Waals surface area contributed by atoms with Crippen LogP contribution in [0.15, 0.2) is 48.8 Å². The van der Waals surface area contributed by atoms with E-state index in [0.29, 0.717) is 32.0 Å². The van der Waals surface area contributed by atoms with Gasteiger partial charge in [0.1, 0.15) is 22.8 Å². The van der Waals surface area contributed by atoms with E-state index < -0.39 is 10.7 Å². The van der Waals surface area contributed by atoms with Crippen LogP contribution in [0.4, 0.5) is 21.7 Å². The number of anilines is 2. The molecular weight excluding hydrogens is 337 g/mol. The van der Waals surface area contributed by atoms with Crippen LogP contribution < -0.4 is 9.80 Å². The fraction of sp³-hybridized carbons (Fsp3) is 0.222. The number of aromatic nitrogens is 2. The van der Waals surface area contributed by atoms with E-state index in [9.17, 15) is 14.5 Å². The Labute approximate surface area is 148 Å². The van der Waals surface area contributed by atoms with Gasteiger partial charge in [-0.2, -0.15) is 0 Å². The molecule has 1 aliphatic heterocycles. The molecule has 0 spiro atoms. The minimum Gasteiger partial charge on any atom is -0.353 e. The summed E-state index contributed by atoms with van der Waals surface area (Å²) in [4.78, 5) is 23.7. The molecule has 0 radical (unpaired) electrons. The van der Waals surface area contributed by atoms with E-state index >= 15 is 0 Å². The quantitative estimate of drug-likeness (QED) is 0.532. The van der Waals surface area contributed by atoms with Crippen molar-refractivity contribution >= 4 is 28.1 Å². The largest absolute Gasteiger partial charge is 0.353 e. The molecule has 132 valence electrons. The molecule has 4 rings (SSSR count). The molecule has 0 atom stereocenters. The van der Waals surface area contributed by atoms with Crippen molar-refractivity contribution in [1.82, 2.24) is 9.97 Å². The van der Waals surface area contributed by atoms with Gasteiger partial charge in [0, 0.05) is 50.0 Å². The zero-order chi connectivity index (χ0) is 18.1. The van der Waals surface area contributed by atoms with Crippen LogP contribution >= 0.6 is 0 Å². The van der Waals surface area contributed by atoms with Crippen LogP contribution in [-0.2, 0) is 0 Å². The summed E-state index contributed by atoms with van der Waals surface area (Å²) in [5.41, 5.74) is -0.128. The van der Waals surface area contributed by atoms with Gasteiger partial charge in [-0.15, -0.1) is 0 Å². The monoisotopic (exact) mass is 353 g/mol. The number of benzene rings is 1. The van der Waals surface area contributed by atoms with Gasteiger partial charge in [0.05, 0.1) is 4.92 Å². The minimum atomic E-state index is -0.489. The van der Waals surface area contributed by atoms with Gasteiger partial charge in [0.25, 0.3) is 5.69 Å². The second-order valence-electron chi connectivity index (χ2n) is 6.04. The first-order valence-electron chi connectivity index (χ1n) is 8.27. The zero-order valence-electron chi connectivity index (χ0n) is 13.9. The molecule has 0 unspecified atom stereocenters. The summed E-state index contributed by atoms with van der Waals surface area (Å²) in [7, 11) is 0. The van der Waals surface area contributed by atoms with Crippen molar-refractivity contribution in [2.75, 3.05) is 36.0 Å². The Morgan fingerprint density at radius 3 is 2.42 bits per heavy atom. The third-order valence-electron chi connectivity index (χ3n) is 4.58. The number of nitrogens with zero attached hydrogens (tertiary/aromatic N) is 5. The number of piperazine rings is 1. The molecule has 0 bridgehead atoms. The number of nitro groups is 1. The number of rotatable bonds is 3. The summed E-state index contributed by atoms with van der Waals surface area (Å²) >= 11 is 0. The van der Waals surface area contributed by atoms with Crippen LogP contribution in [0, 0.1) is 15.9 Å². The third kappa shape index (κ3) is 2.79. The highest BCUT2D eigenvalue weighted by molar-refractivity contribution is 5.99. The zero-order valence-corrected chi connectivity index (χ0v) is 13.9. The Morgan fingerprint density at radius 2 is 1.73 bits per heavy atom. The lowest BCUT2D eigenvalue weighted by molar-refractivity contribution is -0.383. The van der Waals surface area contributed by atoms with Crippen LogP contribution in [0.1, 0.15) is 0 Å². The third-order valence-corrected chi connectivity index (χ3v) is 4.58. The van der Waals surface area contributed by atoms with Crippen LogP contribution in [0.25, 0.3) is 10.8 Å². The molecule has 1 saturated heterocycles. The molecule has 0 N–H and O–H groups in total. The smallest absolute Gasteiger partial charge is 0.281 e. The first-order chi connectivity index (χ1) is 12.6. The molecule has 1 aliphatic rings. The van der Waals surface area contributed by atoms with E-state index in [0.717, 1.165) is 11.9 Å². The minimum absolute atomic E-state index is 0.128. The van der Waals surface area contributed by atoms with Crippen LogP contribution in [0.5, 0.6) is 0 Å². The Balaban J connectivity index is 1.68. The number of nitro benzene ring substituents is 1. The second-order valence-corrected chi connectivity index (χ2v) is 6.04. The van der Waals surface area contributed by atoms with Crippen LogP contribution in [0.2, 0.25) is 0 Å². The summed E-state index contributed by atoms with van der Waals surface area (Å²) < 4.78 is 14.2. The van der Waals surface area contributed by atoms with Crippen molar-refractivity contribution in [2.45, 2.75) is 0 Å². The SMILES string of the molecule is O=[N+]([O-])c1ccc(F)c2ccnc(N3CCN(c4ccccn4)CC3)c12. The predicted octanol–water partition coefficient (Wildman–Crippen LogP) is 3.00. The number of non-ortho nitro benzene ring substituents is 1. The van der Waals surface area contributed by atoms with Gasteiger partial charge < -0.3 is 9.80 Å². The fourth-order valence-electron chi connectivity index (χ4n) is 3.31. The molecule has 3 heterocycles. The first kappa shape index (κ1) is 16.2. The molecule has 0 saturated carbocycles. The molecule has 8 heteroatoms. The Bertz CT molecular complexity index is 958. The maximum absolute atomic E-state index is 14.2. The molecule has 0 aliphatic carbocycles. The Kier molecular flexibility index (Phi) is 4.08. The number of pyridine rings is 2. The van der Waals surface area contributed by atoms with E-state index in [4.69, 9.17) is 0 Å². The number of hydrogen-bond acceptors (Lipinski definition) is 6. The lowest BCUT2D eigenvalue weighted by Crippen LogP contribution is -2.47. The van der Waals surface area contributed by atoms with Gasteiger partial charge in [-0.3, -0.25) is 10.1 Å². The molecule has 2 aromatic heterocycles. The van der Waals surface area contributed by atoms with Crippen molar-refractivity contribution in [3.8, 4) is 0 Å². The van der Waals surface area contributed by atoms with Gasteiger partial charge in [-0.05, 0) is 24.3 Å². The normalized spacial score (nSPS) is 14.7. The molecule has 3 aromatic rings. The highest BCUT2D eigenvalue weighted by Gasteiger charge is 2.25. The van der Waals surface area contributed by atoms with Crippen molar-refractivity contribution < 1.29 is 9.31 Å². The fourth-order valence-corrected chi connectivity index (χ4v) is 3.31. The van der Waals surface area contributed by atoms with E-state index in [2.05, 4.69) is 14.9 Å². The molecule has 7 nitrogen and oxygen atoms in total. The van der Waals surface area contributed by atoms with E-state index in [1.54, 1.807) is 6.20 Å². The molecule has 0 amide bonds. The Hall–Kier alpha value is -3.29. The summed E-state index contributed by atoms with van der Waals surface area (Å²) in [6.07, 6.45) is 3.25. The summed E-state index contributed by atoms with van der Waals surface area (Å²) in [6, 6.07) is 9.56. The van der Waals surface area contributed by atoms with Crippen molar-refractivity contribution in [3.05, 3.63) is 64.7 Å². The highest BCUT2D eigenvalue weighted by atomic mass is 19.1. The second kappa shape index (κ2) is 6.55. The summed E-state index contributed by atoms with van der Waals surface area (Å²) in [6.45, 7) is 2.66. The lowest BCUT2D eigenvalue weighted by atomic mass is 10.1. The summed E-state index contributed by atoms with van der Waals surface area (Å²) in [5, 5.41) is 11.9. The maximum Gasteiger partial charge on any atom is 0.281 e. The number of hydrogen-bond donors (Lipinski definition) is 0. The van der Waals surface area contributed by atoms with E-state index in [1.165, 1.54) is 18.3 Å².